The molecule has 0 radical (unpaired) electrons. The van der Waals surface area contributed by atoms with Gasteiger partial charge in [0.1, 0.15) is 6.23 Å². The van der Waals surface area contributed by atoms with Crippen molar-refractivity contribution in [3.63, 3.8) is 0 Å². The zero-order valence-corrected chi connectivity index (χ0v) is 21.7. The van der Waals surface area contributed by atoms with Crippen LogP contribution in [0, 0.1) is 44.8 Å². The Bertz CT molecular complexity index is 804. The molecular weight excluding hydrogens is 396 g/mol. The van der Waals surface area contributed by atoms with E-state index in [0.29, 0.717) is 34.2 Å². The Morgan fingerprint density at radius 3 is 2.41 bits per heavy atom. The molecule has 1 saturated heterocycles. The Morgan fingerprint density at radius 1 is 1.00 bits per heavy atom. The highest BCUT2D eigenvalue weighted by atomic mass is 16.5. The summed E-state index contributed by atoms with van der Waals surface area (Å²) in [5.41, 5.74) is 1.90. The maximum absolute atomic E-state index is 11.4. The molecule has 0 bridgehead atoms. The van der Waals surface area contributed by atoms with Crippen LogP contribution in [0.5, 0.6) is 0 Å². The molecule has 0 amide bonds. The van der Waals surface area contributed by atoms with Crippen molar-refractivity contribution in [3.8, 4) is 0 Å². The maximum atomic E-state index is 11.4. The number of fused-ring (bicyclic) bond motifs is 4. The van der Waals surface area contributed by atoms with E-state index in [1.165, 1.54) is 44.9 Å². The third-order valence-corrected chi connectivity index (χ3v) is 13.6. The fraction of sp³-hybridized carbons (Fsp3) is 1.00. The highest BCUT2D eigenvalue weighted by Gasteiger charge is 2.83. The first-order chi connectivity index (χ1) is 15.0. The van der Waals surface area contributed by atoms with Crippen LogP contribution in [-0.4, -0.2) is 55.1 Å². The summed E-state index contributed by atoms with van der Waals surface area (Å²) in [5, 5.41) is 14.9. The molecule has 5 saturated carbocycles. The Balaban J connectivity index is 1.36. The summed E-state index contributed by atoms with van der Waals surface area (Å²) in [6, 6.07) is 1.05. The van der Waals surface area contributed by atoms with E-state index in [-0.39, 0.29) is 23.2 Å². The zero-order chi connectivity index (χ0) is 22.9. The second kappa shape index (κ2) is 6.53. The Kier molecular flexibility index (Phi) is 4.55. The van der Waals surface area contributed by atoms with Crippen molar-refractivity contribution in [2.24, 2.45) is 44.8 Å². The summed E-state index contributed by atoms with van der Waals surface area (Å²) in [4.78, 5) is 2.55. The quantitative estimate of drug-likeness (QED) is 0.650. The van der Waals surface area contributed by atoms with E-state index in [1.807, 2.05) is 0 Å². The van der Waals surface area contributed by atoms with E-state index in [1.54, 1.807) is 0 Å². The van der Waals surface area contributed by atoms with E-state index in [4.69, 9.17) is 4.74 Å². The molecule has 0 aromatic rings. The highest BCUT2D eigenvalue weighted by molar-refractivity contribution is 5.32. The summed E-state index contributed by atoms with van der Waals surface area (Å²) in [6.07, 6.45) is 10.8. The first-order valence-electron chi connectivity index (χ1n) is 13.7. The number of ether oxygens (including phenoxy) is 1. The summed E-state index contributed by atoms with van der Waals surface area (Å²) in [7, 11) is 4.38. The Hall–Kier alpha value is -0.160. The van der Waals surface area contributed by atoms with Crippen molar-refractivity contribution in [1.82, 2.24) is 10.2 Å². The van der Waals surface area contributed by atoms with Gasteiger partial charge in [-0.05, 0) is 113 Å². The van der Waals surface area contributed by atoms with Gasteiger partial charge < -0.3 is 15.2 Å². The van der Waals surface area contributed by atoms with Crippen LogP contribution in [0.1, 0.15) is 86.0 Å². The van der Waals surface area contributed by atoms with Crippen molar-refractivity contribution in [2.75, 3.05) is 20.7 Å². The van der Waals surface area contributed by atoms with Crippen LogP contribution in [0.4, 0.5) is 0 Å². The number of aliphatic hydroxyl groups is 1. The lowest BCUT2D eigenvalue weighted by atomic mass is 9.41. The van der Waals surface area contributed by atoms with Gasteiger partial charge in [0, 0.05) is 23.4 Å². The molecule has 2 spiro atoms. The average molecular weight is 445 g/mol. The monoisotopic (exact) mass is 444 g/mol. The second-order valence-electron chi connectivity index (χ2n) is 14.0. The molecule has 4 nitrogen and oxygen atoms in total. The van der Waals surface area contributed by atoms with Crippen molar-refractivity contribution >= 4 is 0 Å². The predicted octanol–water partition coefficient (Wildman–Crippen LogP) is 4.66. The Labute approximate surface area is 196 Å². The largest absolute Gasteiger partial charge is 0.393 e. The smallest absolute Gasteiger partial charge is 0.107 e. The fourth-order valence-corrected chi connectivity index (χ4v) is 11.9. The van der Waals surface area contributed by atoms with Crippen LogP contribution in [0.25, 0.3) is 0 Å². The van der Waals surface area contributed by atoms with E-state index in [9.17, 15) is 5.11 Å². The van der Waals surface area contributed by atoms with Gasteiger partial charge in [0.05, 0.1) is 12.7 Å². The maximum Gasteiger partial charge on any atom is 0.107 e. The predicted molar refractivity (Wildman–Crippen MR) is 128 cm³/mol. The molecule has 182 valence electrons. The highest BCUT2D eigenvalue weighted by Crippen LogP contribution is 2.89. The molecular formula is C28H48N2O2. The van der Waals surface area contributed by atoms with Gasteiger partial charge in [0.2, 0.25) is 0 Å². The third-order valence-electron chi connectivity index (χ3n) is 13.6. The van der Waals surface area contributed by atoms with Gasteiger partial charge in [-0.1, -0.05) is 20.8 Å². The van der Waals surface area contributed by atoms with Gasteiger partial charge in [-0.15, -0.1) is 0 Å². The van der Waals surface area contributed by atoms with Gasteiger partial charge >= 0.3 is 0 Å². The summed E-state index contributed by atoms with van der Waals surface area (Å²) < 4.78 is 6.37. The van der Waals surface area contributed by atoms with Gasteiger partial charge in [-0.3, -0.25) is 4.90 Å². The molecule has 2 N–H and O–H groups in total. The van der Waals surface area contributed by atoms with E-state index in [0.717, 1.165) is 24.9 Å². The van der Waals surface area contributed by atoms with Crippen LogP contribution < -0.4 is 5.32 Å². The van der Waals surface area contributed by atoms with Gasteiger partial charge in [-0.2, -0.15) is 0 Å². The van der Waals surface area contributed by atoms with E-state index < -0.39 is 0 Å². The molecule has 0 aromatic carbocycles. The van der Waals surface area contributed by atoms with Gasteiger partial charge in [0.25, 0.3) is 0 Å². The standard InChI is InChI=1S/C28H48N2O2/c1-17(29-6)23-19(31)14-26(5)21-9-8-20-24(3)16-32-18(2)30(7)22(24)10-11-27(20)15-28(21,27)13-12-25(23,26)4/h17-23,29,31H,8-16H2,1-7H3/t17-,18+,19+,20-,21-,22-,23-,24+,25+,26-,27+,28-/m0/s1. The first kappa shape index (κ1) is 22.3. The number of hydrogen-bond donors (Lipinski definition) is 2. The zero-order valence-electron chi connectivity index (χ0n) is 21.7. The van der Waals surface area contributed by atoms with Crippen LogP contribution in [0.2, 0.25) is 0 Å². The minimum Gasteiger partial charge on any atom is -0.393 e. The summed E-state index contributed by atoms with van der Waals surface area (Å²) in [5.74, 6) is 1.97. The topological polar surface area (TPSA) is 44.7 Å². The normalized spacial score (nSPS) is 62.2. The van der Waals surface area contributed by atoms with Crippen molar-refractivity contribution in [3.05, 3.63) is 0 Å². The van der Waals surface area contributed by atoms with Crippen molar-refractivity contribution < 1.29 is 9.84 Å². The lowest BCUT2D eigenvalue weighted by Gasteiger charge is -2.65. The average Bonchev–Trinajstić information content (AvgIpc) is 3.35. The fourth-order valence-electron chi connectivity index (χ4n) is 11.9. The molecule has 1 heterocycles. The molecule has 32 heavy (non-hydrogen) atoms. The molecule has 12 atom stereocenters. The molecule has 0 unspecified atom stereocenters. The number of hydrogen-bond acceptors (Lipinski definition) is 4. The van der Waals surface area contributed by atoms with Gasteiger partial charge in [0.15, 0.2) is 0 Å². The molecule has 6 rings (SSSR count). The molecule has 6 aliphatic rings. The lowest BCUT2D eigenvalue weighted by molar-refractivity contribution is -0.227. The number of rotatable bonds is 2. The minimum absolute atomic E-state index is 0.162. The molecule has 6 fully saturated rings. The Morgan fingerprint density at radius 2 is 1.69 bits per heavy atom. The van der Waals surface area contributed by atoms with Crippen LogP contribution in [-0.2, 0) is 4.74 Å². The lowest BCUT2D eigenvalue weighted by Crippen LogP contribution is -2.65. The number of nitrogens with zero attached hydrogens (tertiary/aromatic N) is 1. The molecule has 5 aliphatic carbocycles. The molecule has 1 aliphatic heterocycles. The van der Waals surface area contributed by atoms with Crippen LogP contribution in [0.3, 0.4) is 0 Å². The second-order valence-corrected chi connectivity index (χ2v) is 14.0. The van der Waals surface area contributed by atoms with E-state index in [2.05, 4.69) is 58.9 Å². The SMILES string of the molecule is CN[C@@H](C)[C@H]1[C@H](O)C[C@@]2(C)[C@@H]3CC[C@H]4[C@@]5(C)CO[C@H](C)N(C)[C@H]5CC[C@@]45C[C@@]35CC[C@]12C. The van der Waals surface area contributed by atoms with Gasteiger partial charge in [-0.25, -0.2) is 0 Å². The first-order valence-corrected chi connectivity index (χ1v) is 13.7. The summed E-state index contributed by atoms with van der Waals surface area (Å²) in [6.45, 7) is 13.2. The molecule has 4 heteroatoms. The number of nitrogens with one attached hydrogen (secondary N) is 1. The summed E-state index contributed by atoms with van der Waals surface area (Å²) >= 11 is 0. The van der Waals surface area contributed by atoms with Crippen LogP contribution in [0.15, 0.2) is 0 Å². The number of aliphatic hydroxyl groups excluding tert-OH is 1. The minimum atomic E-state index is -0.162. The van der Waals surface area contributed by atoms with Crippen LogP contribution >= 0.6 is 0 Å². The van der Waals surface area contributed by atoms with Crippen molar-refractivity contribution in [1.29, 1.82) is 0 Å². The van der Waals surface area contributed by atoms with Crippen molar-refractivity contribution in [2.45, 2.75) is 110 Å². The molecule has 0 aromatic heterocycles. The van der Waals surface area contributed by atoms with E-state index >= 15 is 0 Å². The third kappa shape index (κ3) is 2.26.